The molecule has 2 rings (SSSR count). The van der Waals surface area contributed by atoms with E-state index in [1.165, 1.54) is 5.56 Å². The van der Waals surface area contributed by atoms with E-state index in [1.54, 1.807) is 0 Å². The topological polar surface area (TPSA) is 25.8 Å². The van der Waals surface area contributed by atoms with Crippen LogP contribution in [0, 0.1) is 0 Å². The van der Waals surface area contributed by atoms with Gasteiger partial charge in [0.15, 0.2) is 0 Å². The predicted molar refractivity (Wildman–Crippen MR) is 94.8 cm³/mol. The first-order chi connectivity index (χ1) is 10.7. The molecule has 0 aliphatic heterocycles. The van der Waals surface area contributed by atoms with Crippen LogP contribution >= 0.6 is 0 Å². The molecule has 2 nitrogen and oxygen atoms in total. The number of hydrogen-bond donors (Lipinski definition) is 0. The molecule has 2 heteroatoms. The van der Waals surface area contributed by atoms with Crippen LogP contribution in [0.25, 0.3) is 12.2 Å². The molecule has 0 radical (unpaired) electrons. The average molecular weight is 294 g/mol. The third kappa shape index (κ3) is 4.03. The minimum absolute atomic E-state index is 0.425. The van der Waals surface area contributed by atoms with Crippen molar-refractivity contribution in [3.8, 4) is 0 Å². The molecular weight excluding hydrogens is 268 g/mol. The standard InChI is InChI=1S/C20H26N2/c1-5-15(3)19-14-21-20(16(4)6-2)18(22-19)13-12-17-10-8-7-9-11-17/h7-16H,5-6H2,1-4H3/b13-12+. The van der Waals surface area contributed by atoms with Crippen molar-refractivity contribution in [2.24, 2.45) is 0 Å². The maximum Gasteiger partial charge on any atom is 0.0851 e. The molecule has 0 aliphatic carbocycles. The predicted octanol–water partition coefficient (Wildman–Crippen LogP) is 5.67. The number of nitrogens with zero attached hydrogens (tertiary/aromatic N) is 2. The lowest BCUT2D eigenvalue weighted by Crippen LogP contribution is -2.06. The van der Waals surface area contributed by atoms with Gasteiger partial charge in [0.2, 0.25) is 0 Å². The van der Waals surface area contributed by atoms with Crippen molar-refractivity contribution in [3.63, 3.8) is 0 Å². The van der Waals surface area contributed by atoms with Crippen molar-refractivity contribution in [2.75, 3.05) is 0 Å². The van der Waals surface area contributed by atoms with Crippen molar-refractivity contribution in [3.05, 3.63) is 59.2 Å². The lowest BCUT2D eigenvalue weighted by atomic mass is 10.00. The van der Waals surface area contributed by atoms with E-state index < -0.39 is 0 Å². The zero-order chi connectivity index (χ0) is 15.9. The molecule has 1 aromatic heterocycles. The molecule has 116 valence electrons. The Morgan fingerprint density at radius 1 is 0.955 bits per heavy atom. The van der Waals surface area contributed by atoms with Gasteiger partial charge in [0, 0.05) is 12.1 Å². The molecule has 2 aromatic rings. The van der Waals surface area contributed by atoms with E-state index in [9.17, 15) is 0 Å². The minimum Gasteiger partial charge on any atom is -0.257 e. The second-order valence-corrected chi connectivity index (χ2v) is 5.93. The second kappa shape index (κ2) is 7.88. The number of rotatable bonds is 6. The number of benzene rings is 1. The van der Waals surface area contributed by atoms with Crippen molar-refractivity contribution in [2.45, 2.75) is 52.4 Å². The van der Waals surface area contributed by atoms with Crippen LogP contribution < -0.4 is 0 Å². The summed E-state index contributed by atoms with van der Waals surface area (Å²) >= 11 is 0. The summed E-state index contributed by atoms with van der Waals surface area (Å²) in [4.78, 5) is 9.60. The summed E-state index contributed by atoms with van der Waals surface area (Å²) in [5.74, 6) is 0.872. The molecule has 2 unspecified atom stereocenters. The van der Waals surface area contributed by atoms with Crippen LogP contribution in [0.4, 0.5) is 0 Å². The third-order valence-electron chi connectivity index (χ3n) is 4.28. The van der Waals surface area contributed by atoms with Gasteiger partial charge in [-0.3, -0.25) is 4.98 Å². The molecule has 0 N–H and O–H groups in total. The third-order valence-corrected chi connectivity index (χ3v) is 4.28. The molecule has 22 heavy (non-hydrogen) atoms. The van der Waals surface area contributed by atoms with Crippen LogP contribution in [-0.4, -0.2) is 9.97 Å². The molecule has 1 heterocycles. The van der Waals surface area contributed by atoms with E-state index in [-0.39, 0.29) is 0 Å². The number of hydrogen-bond acceptors (Lipinski definition) is 2. The van der Waals surface area contributed by atoms with Gasteiger partial charge >= 0.3 is 0 Å². The first-order valence-corrected chi connectivity index (χ1v) is 8.25. The minimum atomic E-state index is 0.425. The Bertz CT molecular complexity index is 617. The summed E-state index contributed by atoms with van der Waals surface area (Å²) in [5.41, 5.74) is 4.38. The van der Waals surface area contributed by atoms with Gasteiger partial charge in [0.25, 0.3) is 0 Å². The highest BCUT2D eigenvalue weighted by molar-refractivity contribution is 5.69. The lowest BCUT2D eigenvalue weighted by Gasteiger charge is -2.14. The summed E-state index contributed by atoms with van der Waals surface area (Å²) in [6.07, 6.45) is 8.34. The Labute approximate surface area is 134 Å². The summed E-state index contributed by atoms with van der Waals surface area (Å²) in [5, 5.41) is 0. The van der Waals surface area contributed by atoms with Gasteiger partial charge < -0.3 is 0 Å². The lowest BCUT2D eigenvalue weighted by molar-refractivity contribution is 0.670. The molecule has 0 bridgehead atoms. The van der Waals surface area contributed by atoms with Gasteiger partial charge in [-0.15, -0.1) is 0 Å². The van der Waals surface area contributed by atoms with Gasteiger partial charge in [0.05, 0.1) is 17.1 Å². The van der Waals surface area contributed by atoms with Crippen molar-refractivity contribution >= 4 is 12.2 Å². The Morgan fingerprint density at radius 2 is 1.64 bits per heavy atom. The van der Waals surface area contributed by atoms with Crippen LogP contribution in [0.3, 0.4) is 0 Å². The van der Waals surface area contributed by atoms with E-state index in [0.717, 1.165) is 29.9 Å². The summed E-state index contributed by atoms with van der Waals surface area (Å²) in [7, 11) is 0. The van der Waals surface area contributed by atoms with Crippen molar-refractivity contribution in [1.82, 2.24) is 9.97 Å². The molecule has 2 atom stereocenters. The Hall–Kier alpha value is -1.96. The molecule has 0 spiro atoms. The van der Waals surface area contributed by atoms with Crippen LogP contribution in [0.5, 0.6) is 0 Å². The first-order valence-electron chi connectivity index (χ1n) is 8.25. The first kappa shape index (κ1) is 16.4. The summed E-state index contributed by atoms with van der Waals surface area (Å²) < 4.78 is 0. The highest BCUT2D eigenvalue weighted by Crippen LogP contribution is 2.24. The second-order valence-electron chi connectivity index (χ2n) is 5.93. The molecule has 0 amide bonds. The fraction of sp³-hybridized carbons (Fsp3) is 0.400. The highest BCUT2D eigenvalue weighted by Gasteiger charge is 2.13. The van der Waals surface area contributed by atoms with Crippen molar-refractivity contribution in [1.29, 1.82) is 0 Å². The Kier molecular flexibility index (Phi) is 5.88. The zero-order valence-corrected chi connectivity index (χ0v) is 14.1. The quantitative estimate of drug-likeness (QED) is 0.685. The average Bonchev–Trinajstić information content (AvgIpc) is 2.59. The smallest absolute Gasteiger partial charge is 0.0851 e. The highest BCUT2D eigenvalue weighted by atomic mass is 14.8. The number of aromatic nitrogens is 2. The van der Waals surface area contributed by atoms with E-state index in [2.05, 4.69) is 64.1 Å². The zero-order valence-electron chi connectivity index (χ0n) is 14.1. The maximum absolute atomic E-state index is 4.88. The Balaban J connectivity index is 2.38. The van der Waals surface area contributed by atoms with Gasteiger partial charge in [-0.05, 0) is 30.4 Å². The summed E-state index contributed by atoms with van der Waals surface area (Å²) in [6.45, 7) is 8.80. The normalized spacial score (nSPS) is 14.2. The molecular formula is C20H26N2. The van der Waals surface area contributed by atoms with Gasteiger partial charge in [-0.1, -0.05) is 64.1 Å². The van der Waals surface area contributed by atoms with Crippen LogP contribution in [-0.2, 0) is 0 Å². The maximum atomic E-state index is 4.88. The molecule has 0 saturated carbocycles. The van der Waals surface area contributed by atoms with Crippen LogP contribution in [0.15, 0.2) is 36.5 Å². The van der Waals surface area contributed by atoms with E-state index >= 15 is 0 Å². The molecule has 0 saturated heterocycles. The van der Waals surface area contributed by atoms with E-state index in [1.807, 2.05) is 12.3 Å². The summed E-state index contributed by atoms with van der Waals surface area (Å²) in [6, 6.07) is 10.3. The van der Waals surface area contributed by atoms with Gasteiger partial charge in [-0.2, -0.15) is 0 Å². The van der Waals surface area contributed by atoms with Crippen LogP contribution in [0.1, 0.15) is 75.0 Å². The SMILES string of the molecule is CCC(C)c1cnc(C(C)CC)c(/C=C/c2ccccc2)n1. The van der Waals surface area contributed by atoms with Crippen LogP contribution in [0.2, 0.25) is 0 Å². The van der Waals surface area contributed by atoms with Crippen molar-refractivity contribution < 1.29 is 0 Å². The van der Waals surface area contributed by atoms with Gasteiger partial charge in [-0.25, -0.2) is 4.98 Å². The monoisotopic (exact) mass is 294 g/mol. The van der Waals surface area contributed by atoms with E-state index in [0.29, 0.717) is 11.8 Å². The Morgan fingerprint density at radius 3 is 2.27 bits per heavy atom. The largest absolute Gasteiger partial charge is 0.257 e. The fourth-order valence-corrected chi connectivity index (χ4v) is 2.31. The van der Waals surface area contributed by atoms with Gasteiger partial charge in [0.1, 0.15) is 0 Å². The molecule has 0 fully saturated rings. The molecule has 1 aromatic carbocycles. The fourth-order valence-electron chi connectivity index (χ4n) is 2.31. The van der Waals surface area contributed by atoms with E-state index in [4.69, 9.17) is 9.97 Å². The molecule has 0 aliphatic rings.